The van der Waals surface area contributed by atoms with E-state index >= 15 is 4.79 Å². The molecule has 66 heavy (non-hydrogen) atoms. The zero-order valence-corrected chi connectivity index (χ0v) is 38.1. The van der Waals surface area contributed by atoms with E-state index in [1.807, 2.05) is 51.9 Å². The summed E-state index contributed by atoms with van der Waals surface area (Å²) in [5.41, 5.74) is -1.09. The quantitative estimate of drug-likeness (QED) is 0.104. The molecule has 20 heteroatoms. The molecule has 1 unspecified atom stereocenters. The minimum absolute atomic E-state index is 0.0208. The molecule has 1 spiro atoms. The van der Waals surface area contributed by atoms with Crippen LogP contribution in [0.15, 0.2) is 88.1 Å². The molecule has 1 amide bonds. The molecule has 0 saturated heterocycles. The van der Waals surface area contributed by atoms with Crippen LogP contribution in [0.5, 0.6) is 11.5 Å². The van der Waals surface area contributed by atoms with Crippen LogP contribution in [0.25, 0.3) is 22.1 Å². The van der Waals surface area contributed by atoms with Gasteiger partial charge < -0.3 is 23.7 Å². The maximum Gasteiger partial charge on any atom is 0.425 e. The van der Waals surface area contributed by atoms with Crippen molar-refractivity contribution in [1.29, 1.82) is 0 Å². The number of hydrogen-bond acceptors (Lipinski definition) is 13. The predicted octanol–water partition coefficient (Wildman–Crippen LogP) is 7.78. The highest BCUT2D eigenvalue weighted by atomic mass is 32.2. The topological polar surface area (TPSA) is 198 Å². The van der Waals surface area contributed by atoms with Crippen molar-refractivity contribution in [3.05, 3.63) is 134 Å². The Balaban J connectivity index is 0.00000142. The maximum absolute atomic E-state index is 15.4. The lowest BCUT2D eigenvalue weighted by Crippen LogP contribution is -2.48. The van der Waals surface area contributed by atoms with Gasteiger partial charge in [-0.25, -0.2) is 9.59 Å². The maximum atomic E-state index is 15.4. The largest absolute Gasteiger partial charge is 0.465 e. The van der Waals surface area contributed by atoms with Crippen LogP contribution in [0.3, 0.4) is 0 Å². The molecule has 4 aliphatic heterocycles. The molecular weight excluding hydrogens is 908 g/mol. The number of nitrogens with zero attached hydrogens (tertiary/aromatic N) is 3. The first-order valence-corrected chi connectivity index (χ1v) is 22.6. The molecule has 15 nitrogen and oxygen atoms in total. The summed E-state index contributed by atoms with van der Waals surface area (Å²) in [6, 6.07) is 15.6. The number of halogens is 3. The summed E-state index contributed by atoms with van der Waals surface area (Å²) < 4.78 is 121. The third-order valence-corrected chi connectivity index (χ3v) is 13.4. The van der Waals surface area contributed by atoms with Crippen LogP contribution in [-0.4, -0.2) is 75.5 Å². The van der Waals surface area contributed by atoms with Crippen molar-refractivity contribution in [1.82, 2.24) is 0 Å². The number of amides is 1. The average Bonchev–Trinajstić information content (AvgIpc) is 3.46. The zero-order valence-electron chi connectivity index (χ0n) is 36.4. The Kier molecular flexibility index (Phi) is 10.5. The lowest BCUT2D eigenvalue weighted by atomic mass is 9.72. The van der Waals surface area contributed by atoms with Gasteiger partial charge in [-0.15, -0.1) is 12.6 Å². The van der Waals surface area contributed by atoms with Crippen LogP contribution in [0, 0.1) is 0 Å². The van der Waals surface area contributed by atoms with Gasteiger partial charge in [-0.1, -0.05) is 12.2 Å². The fourth-order valence-corrected chi connectivity index (χ4v) is 10.2. The molecule has 1 aromatic heterocycles. The highest BCUT2D eigenvalue weighted by molar-refractivity contribution is 7.86. The number of carbonyl (C=O) groups is 2. The number of carbonyl (C=O) groups excluding carboxylic acids is 2. The van der Waals surface area contributed by atoms with Crippen LogP contribution in [0.4, 0.5) is 30.2 Å². The summed E-state index contributed by atoms with van der Waals surface area (Å²) in [5.74, 6) is -1.55. The summed E-state index contributed by atoms with van der Waals surface area (Å²) in [6.07, 6.45) is -1.09. The highest BCUT2D eigenvalue weighted by Gasteiger charge is 2.58. The second-order valence-corrected chi connectivity index (χ2v) is 19.3. The Morgan fingerprint density at radius 2 is 1.38 bits per heavy atom. The van der Waals surface area contributed by atoms with E-state index in [0.29, 0.717) is 34.2 Å². The first-order chi connectivity index (χ1) is 30.6. The molecule has 5 aromatic rings. The van der Waals surface area contributed by atoms with Crippen LogP contribution >= 0.6 is 0 Å². The van der Waals surface area contributed by atoms with E-state index in [4.69, 9.17) is 26.5 Å². The van der Waals surface area contributed by atoms with Crippen LogP contribution in [-0.2, 0) is 37.2 Å². The van der Waals surface area contributed by atoms with Gasteiger partial charge in [0.05, 0.1) is 29.3 Å². The lowest BCUT2D eigenvalue weighted by Gasteiger charge is -2.47. The molecule has 4 aliphatic rings. The second-order valence-electron chi connectivity index (χ2n) is 17.4. The fourth-order valence-electron chi connectivity index (χ4n) is 9.54. The van der Waals surface area contributed by atoms with Gasteiger partial charge in [0.25, 0.3) is 16.0 Å². The monoisotopic (exact) mass is 947 g/mol. The number of hydrogen-bond donors (Lipinski definition) is 1. The summed E-state index contributed by atoms with van der Waals surface area (Å²) in [5, 5.41) is -0.417. The van der Waals surface area contributed by atoms with E-state index in [0.717, 1.165) is 22.9 Å². The van der Waals surface area contributed by atoms with Crippen molar-refractivity contribution in [2.24, 2.45) is 0 Å². The van der Waals surface area contributed by atoms with Gasteiger partial charge in [0.1, 0.15) is 28.4 Å². The van der Waals surface area contributed by atoms with E-state index in [2.05, 4.69) is 24.8 Å². The smallest absolute Gasteiger partial charge is 0.425 e. The Hall–Kier alpha value is -6.77. The van der Waals surface area contributed by atoms with Gasteiger partial charge in [-0.3, -0.25) is 14.2 Å². The summed E-state index contributed by atoms with van der Waals surface area (Å²) in [4.78, 5) is 46.8. The van der Waals surface area contributed by atoms with Gasteiger partial charge >= 0.3 is 28.4 Å². The fraction of sp³-hybridized carbons (Fsp3) is 0.283. The Bertz CT molecular complexity index is 3350. The van der Waals surface area contributed by atoms with Crippen LogP contribution < -0.4 is 25.1 Å². The van der Waals surface area contributed by atoms with E-state index in [9.17, 15) is 35.7 Å². The molecular formula is C46H40F3N3O12S2. The number of anilines is 3. The summed E-state index contributed by atoms with van der Waals surface area (Å²) in [6.45, 7) is 9.82. The van der Waals surface area contributed by atoms with Crippen LogP contribution in [0.1, 0.15) is 88.7 Å². The number of methoxy groups -OCH3 is 1. The van der Waals surface area contributed by atoms with Crippen molar-refractivity contribution in [3.8, 4) is 11.5 Å². The van der Waals surface area contributed by atoms with Gasteiger partial charge in [0.15, 0.2) is 0 Å². The zero-order chi connectivity index (χ0) is 48.4. The van der Waals surface area contributed by atoms with Crippen molar-refractivity contribution in [2.45, 2.75) is 57.4 Å². The van der Waals surface area contributed by atoms with Gasteiger partial charge in [-0.2, -0.15) is 21.6 Å². The minimum atomic E-state index is -4.92. The molecule has 0 saturated carbocycles. The lowest BCUT2D eigenvalue weighted by molar-refractivity contribution is -0.136. The summed E-state index contributed by atoms with van der Waals surface area (Å²) in [7, 11) is -2.72. The van der Waals surface area contributed by atoms with Gasteiger partial charge in [-0.05, 0) is 88.2 Å². The Labute approximate surface area is 377 Å². The molecule has 344 valence electrons. The molecule has 9 rings (SSSR count). The van der Waals surface area contributed by atoms with Gasteiger partial charge in [0.2, 0.25) is 0 Å². The number of alkyl halides is 3. The number of likely N-dealkylation sites (N-methyl/N-ethyl adjacent to an activating group) is 2. The number of ether oxygens (including phenoxy) is 2. The van der Waals surface area contributed by atoms with Crippen LogP contribution in [0.2, 0.25) is 0 Å². The molecule has 5 heterocycles. The molecule has 0 radical (unpaired) electrons. The molecule has 0 bridgehead atoms. The SMILES string of the molecule is COC(=O)c1ccc2c(c1)C1(c3cc4c(cc3Oc3cc5c(cc31)C(CS(=O)(=O)O)=CC(C)(C)N5C)N(C)C(C)(C)C=C4C)N(c1ccc3c(C(F)(F)F)cc(=O)oc3c1)C2=O.O=S(=O)=O. The minimum Gasteiger partial charge on any atom is -0.465 e. The third-order valence-electron chi connectivity index (χ3n) is 12.7. The van der Waals surface area contributed by atoms with E-state index in [1.165, 1.54) is 42.3 Å². The van der Waals surface area contributed by atoms with Crippen molar-refractivity contribution in [3.63, 3.8) is 0 Å². The second kappa shape index (κ2) is 15.1. The average molecular weight is 948 g/mol. The number of esters is 1. The molecule has 1 N–H and O–H groups in total. The molecule has 4 aromatic carbocycles. The molecule has 0 fully saturated rings. The molecule has 0 aliphatic carbocycles. The van der Waals surface area contributed by atoms with Crippen molar-refractivity contribution in [2.75, 3.05) is 41.7 Å². The predicted molar refractivity (Wildman–Crippen MR) is 238 cm³/mol. The summed E-state index contributed by atoms with van der Waals surface area (Å²) >= 11 is 0. The number of benzene rings is 4. The number of rotatable bonds is 4. The third kappa shape index (κ3) is 7.23. The van der Waals surface area contributed by atoms with E-state index in [-0.39, 0.29) is 33.7 Å². The van der Waals surface area contributed by atoms with Gasteiger partial charge in [0, 0.05) is 94.2 Å². The first kappa shape index (κ1) is 45.8. The highest BCUT2D eigenvalue weighted by Crippen LogP contribution is 2.62. The standard InChI is InChI=1S/C46H40F3N3O9S.O3S/c1-23-20-43(2,3)50(6)35-18-38-33(15-29(23)35)45(34-16-30-25(22-62(56,57)58)21-44(4,5)51(7)36(30)19-39(34)60-38)31-13-24(42(55)59-8)9-11-28(31)41(54)52(45)26-10-12-27-32(46(47,48)49)17-40(53)61-37(27)14-26;1-4(2)3/h9-21H,22H2,1-8H3,(H,56,57,58);. The molecule has 1 atom stereocenters. The van der Waals surface area contributed by atoms with Crippen molar-refractivity contribution < 1.29 is 62.2 Å². The van der Waals surface area contributed by atoms with Crippen molar-refractivity contribution >= 4 is 71.8 Å². The number of fused-ring (bicyclic) bond motifs is 9. The Morgan fingerprint density at radius 3 is 1.95 bits per heavy atom. The van der Waals surface area contributed by atoms with E-state index in [1.54, 1.807) is 18.2 Å². The van der Waals surface area contributed by atoms with E-state index < -0.39 is 83.3 Å². The first-order valence-electron chi connectivity index (χ1n) is 20.0. The normalized spacial score (nSPS) is 18.7. The number of allylic oxidation sites excluding steroid dienone is 1. The Morgan fingerprint density at radius 1 is 0.803 bits per heavy atom.